The Morgan fingerprint density at radius 1 is 0.577 bits per heavy atom. The number of halogens is 5. The maximum atomic E-state index is 14.8. The molecule has 0 heterocycles. The zero-order valence-electron chi connectivity index (χ0n) is 29.2. The molecule has 13 heteroatoms. The first-order valence-electron chi connectivity index (χ1n) is 17.4. The molecule has 0 aliphatic rings. The molecule has 8 nitrogen and oxygen atoms in total. The SMILES string of the molecule is CCCCCCCCCC(=O)Oc1ccc(C(=O)Oc2ccc(C(=O)Oc3ccc(C(=O)OC(CCCCCC)C(F)(F)F)c(F)c3)c(F)c2)cc1. The van der Waals surface area contributed by atoms with E-state index in [1.807, 2.05) is 6.92 Å². The molecular formula is C39H43F5O8. The van der Waals surface area contributed by atoms with Gasteiger partial charge >= 0.3 is 30.1 Å². The minimum absolute atomic E-state index is 0.0750. The van der Waals surface area contributed by atoms with E-state index in [1.165, 1.54) is 43.5 Å². The number of esters is 4. The Bertz CT molecular complexity index is 1640. The van der Waals surface area contributed by atoms with Crippen molar-refractivity contribution in [2.24, 2.45) is 0 Å². The van der Waals surface area contributed by atoms with Gasteiger partial charge in [-0.1, -0.05) is 71.6 Å². The summed E-state index contributed by atoms with van der Waals surface area (Å²) in [5.41, 5.74) is -1.34. The van der Waals surface area contributed by atoms with Crippen LogP contribution in [0.3, 0.4) is 0 Å². The number of rotatable bonds is 20. The molecule has 0 fully saturated rings. The molecular weight excluding hydrogens is 691 g/mol. The summed E-state index contributed by atoms with van der Waals surface area (Å²) in [5, 5.41) is 0. The number of alkyl halides is 3. The lowest BCUT2D eigenvalue weighted by Gasteiger charge is -2.21. The topological polar surface area (TPSA) is 105 Å². The molecule has 0 saturated heterocycles. The van der Waals surface area contributed by atoms with E-state index in [9.17, 15) is 41.1 Å². The van der Waals surface area contributed by atoms with Gasteiger partial charge in [-0.3, -0.25) is 4.79 Å². The maximum Gasteiger partial charge on any atom is 0.425 e. The molecule has 1 atom stereocenters. The van der Waals surface area contributed by atoms with Crippen LogP contribution in [0, 0.1) is 11.6 Å². The summed E-state index contributed by atoms with van der Waals surface area (Å²) in [7, 11) is 0. The van der Waals surface area contributed by atoms with Gasteiger partial charge in [-0.05, 0) is 67.8 Å². The van der Waals surface area contributed by atoms with Crippen LogP contribution in [0.25, 0.3) is 0 Å². The van der Waals surface area contributed by atoms with Gasteiger partial charge in [-0.15, -0.1) is 0 Å². The van der Waals surface area contributed by atoms with E-state index in [-0.39, 0.29) is 35.9 Å². The van der Waals surface area contributed by atoms with E-state index < -0.39 is 65.1 Å². The minimum atomic E-state index is -4.85. The molecule has 0 radical (unpaired) electrons. The average molecular weight is 735 g/mol. The standard InChI is InChI=1S/C39H43F5O8/c1-3-5-7-9-10-11-13-15-35(45)49-27-18-16-26(17-19-27)36(46)50-28-20-22-30(32(40)24-28)37(47)51-29-21-23-31(33(41)25-29)38(48)52-34(39(42,43)44)14-12-8-6-4-2/h16-25,34H,3-15H2,1-2H3. The van der Waals surface area contributed by atoms with Crippen LogP contribution in [0.15, 0.2) is 60.7 Å². The lowest BCUT2D eigenvalue weighted by Crippen LogP contribution is -2.34. The normalized spacial score (nSPS) is 11.8. The number of hydrogen-bond acceptors (Lipinski definition) is 8. The highest BCUT2D eigenvalue weighted by molar-refractivity contribution is 5.93. The number of hydrogen-bond donors (Lipinski definition) is 0. The number of benzene rings is 3. The van der Waals surface area contributed by atoms with Crippen LogP contribution in [0.4, 0.5) is 22.0 Å². The summed E-state index contributed by atoms with van der Waals surface area (Å²) in [5.74, 6) is -6.99. The van der Waals surface area contributed by atoms with Crippen LogP contribution < -0.4 is 14.2 Å². The number of carbonyl (C=O) groups excluding carboxylic acids is 4. The van der Waals surface area contributed by atoms with Gasteiger partial charge < -0.3 is 18.9 Å². The third-order valence-electron chi connectivity index (χ3n) is 7.98. The lowest BCUT2D eigenvalue weighted by molar-refractivity contribution is -0.206. The van der Waals surface area contributed by atoms with Crippen LogP contribution in [-0.4, -0.2) is 36.2 Å². The summed E-state index contributed by atoms with van der Waals surface area (Å²) < 4.78 is 89.8. The zero-order chi connectivity index (χ0) is 38.1. The van der Waals surface area contributed by atoms with Gasteiger partial charge in [0.15, 0.2) is 6.10 Å². The second-order valence-corrected chi connectivity index (χ2v) is 12.2. The molecule has 0 amide bonds. The van der Waals surface area contributed by atoms with Crippen molar-refractivity contribution < 1.29 is 60.1 Å². The van der Waals surface area contributed by atoms with Gasteiger partial charge in [-0.2, -0.15) is 13.2 Å². The van der Waals surface area contributed by atoms with Crippen molar-refractivity contribution in [1.29, 1.82) is 0 Å². The van der Waals surface area contributed by atoms with Gasteiger partial charge in [0.05, 0.1) is 16.7 Å². The lowest BCUT2D eigenvalue weighted by atomic mass is 10.1. The van der Waals surface area contributed by atoms with E-state index in [1.54, 1.807) is 0 Å². The smallest absolute Gasteiger partial charge is 0.425 e. The Morgan fingerprint density at radius 2 is 1.06 bits per heavy atom. The van der Waals surface area contributed by atoms with Crippen LogP contribution in [0.1, 0.15) is 128 Å². The molecule has 52 heavy (non-hydrogen) atoms. The van der Waals surface area contributed by atoms with Crippen molar-refractivity contribution in [2.75, 3.05) is 0 Å². The number of carbonyl (C=O) groups is 4. The van der Waals surface area contributed by atoms with E-state index in [0.717, 1.165) is 62.4 Å². The van der Waals surface area contributed by atoms with Crippen LogP contribution in [0.2, 0.25) is 0 Å². The molecule has 0 bridgehead atoms. The van der Waals surface area contributed by atoms with Crippen molar-refractivity contribution in [3.05, 3.63) is 89.0 Å². The highest BCUT2D eigenvalue weighted by Gasteiger charge is 2.42. The molecule has 3 rings (SSSR count). The summed E-state index contributed by atoms with van der Waals surface area (Å²) in [6.45, 7) is 4.04. The van der Waals surface area contributed by atoms with Crippen molar-refractivity contribution in [1.82, 2.24) is 0 Å². The summed E-state index contributed by atoms with van der Waals surface area (Å²) in [6.07, 6.45) is 2.18. The van der Waals surface area contributed by atoms with Crippen molar-refractivity contribution in [3.63, 3.8) is 0 Å². The van der Waals surface area contributed by atoms with Crippen LogP contribution in [0.5, 0.6) is 17.2 Å². The summed E-state index contributed by atoms with van der Waals surface area (Å²) in [6, 6.07) is 10.7. The van der Waals surface area contributed by atoms with E-state index in [2.05, 4.69) is 11.7 Å². The van der Waals surface area contributed by atoms with E-state index in [0.29, 0.717) is 18.9 Å². The molecule has 0 N–H and O–H groups in total. The molecule has 0 saturated carbocycles. The molecule has 282 valence electrons. The first-order valence-corrected chi connectivity index (χ1v) is 17.4. The number of unbranched alkanes of at least 4 members (excludes halogenated alkanes) is 9. The summed E-state index contributed by atoms with van der Waals surface area (Å²) in [4.78, 5) is 49.7. The maximum absolute atomic E-state index is 14.8. The Kier molecular flexibility index (Phi) is 16.7. The van der Waals surface area contributed by atoms with Gasteiger partial charge in [0.2, 0.25) is 0 Å². The van der Waals surface area contributed by atoms with Gasteiger partial charge in [0.1, 0.15) is 28.9 Å². The highest BCUT2D eigenvalue weighted by Crippen LogP contribution is 2.29. The quantitative estimate of drug-likeness (QED) is 0.0489. The summed E-state index contributed by atoms with van der Waals surface area (Å²) >= 11 is 0. The monoisotopic (exact) mass is 734 g/mol. The highest BCUT2D eigenvalue weighted by atomic mass is 19.4. The number of ether oxygens (including phenoxy) is 4. The fraction of sp³-hybridized carbons (Fsp3) is 0.436. The Labute approximate surface area is 299 Å². The molecule has 0 spiro atoms. The molecule has 1 unspecified atom stereocenters. The zero-order valence-corrected chi connectivity index (χ0v) is 29.2. The molecule has 0 aromatic heterocycles. The third-order valence-corrected chi connectivity index (χ3v) is 7.98. The fourth-order valence-electron chi connectivity index (χ4n) is 5.08. The Hall–Kier alpha value is -4.81. The molecule has 0 aliphatic carbocycles. The minimum Gasteiger partial charge on any atom is -0.449 e. The van der Waals surface area contributed by atoms with Gasteiger partial charge in [0.25, 0.3) is 0 Å². The predicted molar refractivity (Wildman–Crippen MR) is 181 cm³/mol. The van der Waals surface area contributed by atoms with Crippen LogP contribution >= 0.6 is 0 Å². The van der Waals surface area contributed by atoms with Crippen LogP contribution in [-0.2, 0) is 9.53 Å². The Morgan fingerprint density at radius 3 is 1.60 bits per heavy atom. The second kappa shape index (κ2) is 20.9. The largest absolute Gasteiger partial charge is 0.449 e. The first-order chi connectivity index (χ1) is 24.8. The fourth-order valence-corrected chi connectivity index (χ4v) is 5.08. The van der Waals surface area contributed by atoms with Crippen molar-refractivity contribution in [2.45, 2.75) is 110 Å². The van der Waals surface area contributed by atoms with E-state index in [4.69, 9.17) is 14.2 Å². The second-order valence-electron chi connectivity index (χ2n) is 12.2. The Balaban J connectivity index is 1.52. The molecule has 0 aliphatic heterocycles. The van der Waals surface area contributed by atoms with Gasteiger partial charge in [0, 0.05) is 18.6 Å². The first kappa shape index (κ1) is 41.6. The van der Waals surface area contributed by atoms with Gasteiger partial charge in [-0.25, -0.2) is 23.2 Å². The van der Waals surface area contributed by atoms with Crippen molar-refractivity contribution in [3.8, 4) is 17.2 Å². The van der Waals surface area contributed by atoms with E-state index >= 15 is 0 Å². The molecule has 3 aromatic rings. The van der Waals surface area contributed by atoms with Crippen molar-refractivity contribution >= 4 is 23.9 Å². The predicted octanol–water partition coefficient (Wildman–Crippen LogP) is 10.5. The third kappa shape index (κ3) is 13.7. The molecule has 3 aromatic carbocycles. The average Bonchev–Trinajstić information content (AvgIpc) is 3.09.